The van der Waals surface area contributed by atoms with E-state index in [2.05, 4.69) is 10.3 Å². The fourth-order valence-electron chi connectivity index (χ4n) is 1.68. The lowest BCUT2D eigenvalue weighted by molar-refractivity contribution is -0.271. The Balaban J connectivity index is 3.09. The molecule has 2 N–H and O–H groups in total. The number of nitrogens with zero attached hydrogens (tertiary/aromatic N) is 2. The molecular formula is C11H16F3N3O2. The molecular weight excluding hydrogens is 263 g/mol. The SMILES string of the molecule is CC(C)NC(=O)CC(O)(c1nccn1C)C(F)(F)F. The first-order chi connectivity index (χ1) is 8.58. The average Bonchev–Trinajstić information content (AvgIpc) is 2.61. The molecule has 0 spiro atoms. The standard InChI is InChI=1S/C11H16F3N3O2/c1-7(2)16-8(18)6-10(19,11(12,13)14)9-15-4-5-17(9)3/h4-5,7,19H,6H2,1-3H3,(H,16,18). The molecule has 0 aliphatic rings. The van der Waals surface area contributed by atoms with Crippen LogP contribution in [-0.4, -0.2) is 32.8 Å². The van der Waals surface area contributed by atoms with E-state index in [-0.39, 0.29) is 6.04 Å². The third kappa shape index (κ3) is 3.25. The van der Waals surface area contributed by atoms with Crippen molar-refractivity contribution in [3.05, 3.63) is 18.2 Å². The Bertz CT molecular complexity index is 456. The molecule has 0 fully saturated rings. The predicted molar refractivity (Wildman–Crippen MR) is 61.1 cm³/mol. The van der Waals surface area contributed by atoms with Crippen molar-refractivity contribution in [2.45, 2.75) is 38.1 Å². The van der Waals surface area contributed by atoms with Gasteiger partial charge in [0.05, 0.1) is 6.42 Å². The maximum Gasteiger partial charge on any atom is 0.425 e. The number of amides is 1. The second kappa shape index (κ2) is 5.20. The van der Waals surface area contributed by atoms with Gasteiger partial charge in [0.2, 0.25) is 11.5 Å². The molecule has 1 aromatic rings. The van der Waals surface area contributed by atoms with E-state index in [0.29, 0.717) is 0 Å². The molecule has 0 aliphatic carbocycles. The second-order valence-corrected chi connectivity index (χ2v) is 4.62. The number of aromatic nitrogens is 2. The van der Waals surface area contributed by atoms with Gasteiger partial charge >= 0.3 is 6.18 Å². The number of hydrogen-bond acceptors (Lipinski definition) is 3. The zero-order chi connectivity index (χ0) is 14.8. The average molecular weight is 279 g/mol. The van der Waals surface area contributed by atoms with E-state index < -0.39 is 29.9 Å². The van der Waals surface area contributed by atoms with Gasteiger partial charge in [0, 0.05) is 25.5 Å². The van der Waals surface area contributed by atoms with Gasteiger partial charge in [0.1, 0.15) is 0 Å². The Hall–Kier alpha value is -1.57. The van der Waals surface area contributed by atoms with E-state index in [1.807, 2.05) is 0 Å². The highest BCUT2D eigenvalue weighted by Gasteiger charge is 2.58. The minimum Gasteiger partial charge on any atom is -0.374 e. The molecule has 108 valence electrons. The third-order valence-corrected chi connectivity index (χ3v) is 2.53. The van der Waals surface area contributed by atoms with Gasteiger partial charge < -0.3 is 15.0 Å². The lowest BCUT2D eigenvalue weighted by Gasteiger charge is -2.29. The van der Waals surface area contributed by atoms with Gasteiger partial charge in [-0.05, 0) is 13.8 Å². The van der Waals surface area contributed by atoms with Gasteiger partial charge in [-0.3, -0.25) is 4.79 Å². The fourth-order valence-corrected chi connectivity index (χ4v) is 1.68. The van der Waals surface area contributed by atoms with Crippen LogP contribution in [0.15, 0.2) is 12.4 Å². The first kappa shape index (κ1) is 15.5. The summed E-state index contributed by atoms with van der Waals surface area (Å²) in [5, 5.41) is 12.2. The fraction of sp³-hybridized carbons (Fsp3) is 0.636. The van der Waals surface area contributed by atoms with E-state index in [1.54, 1.807) is 13.8 Å². The van der Waals surface area contributed by atoms with Gasteiger partial charge in [0.15, 0.2) is 5.82 Å². The Morgan fingerprint density at radius 2 is 2.11 bits per heavy atom. The van der Waals surface area contributed by atoms with Crippen molar-refractivity contribution in [1.29, 1.82) is 0 Å². The second-order valence-electron chi connectivity index (χ2n) is 4.62. The number of carbonyl (C=O) groups excluding carboxylic acids is 1. The van der Waals surface area contributed by atoms with Crippen molar-refractivity contribution in [3.8, 4) is 0 Å². The van der Waals surface area contributed by atoms with Crippen LogP contribution in [0.4, 0.5) is 13.2 Å². The quantitative estimate of drug-likeness (QED) is 0.867. The summed E-state index contributed by atoms with van der Waals surface area (Å²) in [6, 6.07) is -0.314. The molecule has 19 heavy (non-hydrogen) atoms. The Labute approximate surface area is 108 Å². The number of aliphatic hydroxyl groups is 1. The van der Waals surface area contributed by atoms with Crippen LogP contribution in [0.25, 0.3) is 0 Å². The van der Waals surface area contributed by atoms with Gasteiger partial charge in [-0.1, -0.05) is 0 Å². The number of carbonyl (C=O) groups is 1. The van der Waals surface area contributed by atoms with Crippen molar-refractivity contribution < 1.29 is 23.1 Å². The summed E-state index contributed by atoms with van der Waals surface area (Å²) in [6.45, 7) is 3.23. The molecule has 0 bridgehead atoms. The van der Waals surface area contributed by atoms with Crippen LogP contribution in [0.5, 0.6) is 0 Å². The Morgan fingerprint density at radius 3 is 2.47 bits per heavy atom. The predicted octanol–water partition coefficient (Wildman–Crippen LogP) is 1.08. The van der Waals surface area contributed by atoms with Crippen LogP contribution in [0.3, 0.4) is 0 Å². The monoisotopic (exact) mass is 279 g/mol. The van der Waals surface area contributed by atoms with E-state index in [0.717, 1.165) is 10.8 Å². The minimum absolute atomic E-state index is 0.314. The normalized spacial score (nSPS) is 15.4. The molecule has 1 aromatic heterocycles. The molecule has 0 aromatic carbocycles. The Kier molecular flexibility index (Phi) is 4.24. The van der Waals surface area contributed by atoms with Crippen LogP contribution in [-0.2, 0) is 17.4 Å². The molecule has 0 saturated carbocycles. The van der Waals surface area contributed by atoms with Gasteiger partial charge in [-0.2, -0.15) is 13.2 Å². The highest BCUT2D eigenvalue weighted by atomic mass is 19.4. The summed E-state index contributed by atoms with van der Waals surface area (Å²) in [5.41, 5.74) is -3.30. The summed E-state index contributed by atoms with van der Waals surface area (Å²) in [5.74, 6) is -1.50. The molecule has 0 saturated heterocycles. The van der Waals surface area contributed by atoms with Crippen LogP contribution in [0, 0.1) is 0 Å². The summed E-state index contributed by atoms with van der Waals surface area (Å²) >= 11 is 0. The number of alkyl halides is 3. The van der Waals surface area contributed by atoms with Gasteiger partial charge in [0.25, 0.3) is 0 Å². The largest absolute Gasteiger partial charge is 0.425 e. The summed E-state index contributed by atoms with van der Waals surface area (Å²) in [6.07, 6.45) is -3.72. The first-order valence-electron chi connectivity index (χ1n) is 5.64. The molecule has 1 heterocycles. The number of hydrogen-bond donors (Lipinski definition) is 2. The summed E-state index contributed by atoms with van der Waals surface area (Å²) < 4.78 is 40.2. The van der Waals surface area contributed by atoms with Crippen LogP contribution in [0.2, 0.25) is 0 Å². The van der Waals surface area contributed by atoms with Crippen molar-refractivity contribution >= 4 is 5.91 Å². The topological polar surface area (TPSA) is 67.2 Å². The van der Waals surface area contributed by atoms with E-state index in [1.165, 1.54) is 13.2 Å². The smallest absolute Gasteiger partial charge is 0.374 e. The lowest BCUT2D eigenvalue weighted by atomic mass is 9.97. The molecule has 0 aliphatic heterocycles. The van der Waals surface area contributed by atoms with Crippen molar-refractivity contribution in [2.75, 3.05) is 0 Å². The number of imidazole rings is 1. The summed E-state index contributed by atoms with van der Waals surface area (Å²) in [4.78, 5) is 15.0. The van der Waals surface area contributed by atoms with E-state index in [9.17, 15) is 23.1 Å². The summed E-state index contributed by atoms with van der Waals surface area (Å²) in [7, 11) is 1.32. The third-order valence-electron chi connectivity index (χ3n) is 2.53. The maximum atomic E-state index is 13.1. The van der Waals surface area contributed by atoms with Crippen LogP contribution >= 0.6 is 0 Å². The lowest BCUT2D eigenvalue weighted by Crippen LogP contribution is -2.48. The number of rotatable bonds is 4. The highest BCUT2D eigenvalue weighted by molar-refractivity contribution is 5.77. The van der Waals surface area contributed by atoms with Gasteiger partial charge in [-0.15, -0.1) is 0 Å². The number of nitrogens with one attached hydrogen (secondary N) is 1. The zero-order valence-electron chi connectivity index (χ0n) is 10.8. The van der Waals surface area contributed by atoms with Crippen molar-refractivity contribution in [2.24, 2.45) is 7.05 Å². The zero-order valence-corrected chi connectivity index (χ0v) is 10.8. The molecule has 1 atom stereocenters. The molecule has 0 radical (unpaired) electrons. The van der Waals surface area contributed by atoms with E-state index in [4.69, 9.17) is 0 Å². The molecule has 1 rings (SSSR count). The van der Waals surface area contributed by atoms with Gasteiger partial charge in [-0.25, -0.2) is 4.98 Å². The van der Waals surface area contributed by atoms with Crippen LogP contribution in [0.1, 0.15) is 26.1 Å². The molecule has 1 unspecified atom stereocenters. The minimum atomic E-state index is -5.00. The van der Waals surface area contributed by atoms with E-state index >= 15 is 0 Å². The first-order valence-corrected chi connectivity index (χ1v) is 5.64. The molecule has 8 heteroatoms. The highest BCUT2D eigenvalue weighted by Crippen LogP contribution is 2.40. The van der Waals surface area contributed by atoms with Crippen molar-refractivity contribution in [1.82, 2.24) is 14.9 Å². The molecule has 5 nitrogen and oxygen atoms in total. The van der Waals surface area contributed by atoms with Crippen molar-refractivity contribution in [3.63, 3.8) is 0 Å². The maximum absolute atomic E-state index is 13.1. The van der Waals surface area contributed by atoms with Crippen LogP contribution < -0.4 is 5.32 Å². The number of aryl methyl sites for hydroxylation is 1. The molecule has 1 amide bonds. The number of halogens is 3. The Morgan fingerprint density at radius 1 is 1.53 bits per heavy atom.